The summed E-state index contributed by atoms with van der Waals surface area (Å²) < 4.78 is 0. The maximum atomic E-state index is 11.6. The Morgan fingerprint density at radius 3 is 2.77 bits per heavy atom. The van der Waals surface area contributed by atoms with Crippen molar-refractivity contribution in [1.29, 1.82) is 0 Å². The fourth-order valence-corrected chi connectivity index (χ4v) is 2.48. The number of H-pyrrole nitrogens is 1. The second-order valence-electron chi connectivity index (χ2n) is 5.83. The molecule has 1 amide bonds. The number of benzene rings is 1. The SMILES string of the molecule is CC(c1nc2ccc(Cl)cc2[nH]1)N(C)CCCC(=O)N(C)C. The molecule has 1 heterocycles. The Labute approximate surface area is 136 Å². The van der Waals surface area contributed by atoms with Crippen LogP contribution in [0.5, 0.6) is 0 Å². The van der Waals surface area contributed by atoms with Crippen LogP contribution >= 0.6 is 11.6 Å². The van der Waals surface area contributed by atoms with Gasteiger partial charge in [-0.25, -0.2) is 4.98 Å². The number of nitrogens with zero attached hydrogens (tertiary/aromatic N) is 3. The summed E-state index contributed by atoms with van der Waals surface area (Å²) in [6.07, 6.45) is 1.41. The number of aromatic nitrogens is 2. The molecule has 22 heavy (non-hydrogen) atoms. The molecular weight excluding hydrogens is 300 g/mol. The van der Waals surface area contributed by atoms with Crippen molar-refractivity contribution in [3.8, 4) is 0 Å². The van der Waals surface area contributed by atoms with Crippen LogP contribution < -0.4 is 0 Å². The van der Waals surface area contributed by atoms with Gasteiger partial charge in [0.15, 0.2) is 0 Å². The molecule has 0 aliphatic rings. The summed E-state index contributed by atoms with van der Waals surface area (Å²) in [7, 11) is 5.62. The van der Waals surface area contributed by atoms with E-state index in [9.17, 15) is 4.79 Å². The zero-order valence-corrected chi connectivity index (χ0v) is 14.3. The first kappa shape index (κ1) is 16.8. The van der Waals surface area contributed by atoms with Crippen molar-refractivity contribution in [2.75, 3.05) is 27.7 Å². The first-order chi connectivity index (χ1) is 10.4. The Kier molecular flexibility index (Phi) is 5.42. The van der Waals surface area contributed by atoms with Crippen LogP contribution in [0.3, 0.4) is 0 Å². The molecule has 2 rings (SSSR count). The van der Waals surface area contributed by atoms with Gasteiger partial charge in [0.05, 0.1) is 17.1 Å². The second-order valence-corrected chi connectivity index (χ2v) is 6.27. The smallest absolute Gasteiger partial charge is 0.222 e. The molecular formula is C16H23ClN4O. The fourth-order valence-electron chi connectivity index (χ4n) is 2.31. The van der Waals surface area contributed by atoms with E-state index in [0.717, 1.165) is 29.8 Å². The maximum absolute atomic E-state index is 11.6. The van der Waals surface area contributed by atoms with Gasteiger partial charge in [-0.1, -0.05) is 11.6 Å². The summed E-state index contributed by atoms with van der Waals surface area (Å²) in [5.41, 5.74) is 1.87. The fraction of sp³-hybridized carbons (Fsp3) is 0.500. The molecule has 1 aromatic carbocycles. The molecule has 0 fully saturated rings. The molecule has 1 atom stereocenters. The molecule has 0 aliphatic heterocycles. The summed E-state index contributed by atoms with van der Waals surface area (Å²) in [5, 5.41) is 0.700. The van der Waals surface area contributed by atoms with Crippen LogP contribution in [0.25, 0.3) is 11.0 Å². The van der Waals surface area contributed by atoms with E-state index in [2.05, 4.69) is 21.8 Å². The van der Waals surface area contributed by atoms with Gasteiger partial charge < -0.3 is 9.88 Å². The van der Waals surface area contributed by atoms with Gasteiger partial charge in [-0.3, -0.25) is 9.69 Å². The van der Waals surface area contributed by atoms with Crippen LogP contribution in [0, 0.1) is 0 Å². The van der Waals surface area contributed by atoms with Crippen LogP contribution in [-0.2, 0) is 4.79 Å². The van der Waals surface area contributed by atoms with Crippen LogP contribution in [0.4, 0.5) is 0 Å². The highest BCUT2D eigenvalue weighted by Gasteiger charge is 2.16. The Bertz CT molecular complexity index is 653. The standard InChI is InChI=1S/C16H23ClN4O/c1-11(21(4)9-5-6-15(22)20(2)3)16-18-13-8-7-12(17)10-14(13)19-16/h7-8,10-11H,5-6,9H2,1-4H3,(H,18,19). The third kappa shape index (κ3) is 3.99. The summed E-state index contributed by atoms with van der Waals surface area (Å²) in [5.74, 6) is 1.08. The number of hydrogen-bond donors (Lipinski definition) is 1. The molecule has 0 saturated carbocycles. The molecule has 0 radical (unpaired) electrons. The van der Waals surface area contributed by atoms with Gasteiger partial charge in [0.2, 0.25) is 5.91 Å². The lowest BCUT2D eigenvalue weighted by atomic mass is 10.2. The van der Waals surface area contributed by atoms with E-state index in [-0.39, 0.29) is 11.9 Å². The number of amides is 1. The summed E-state index contributed by atoms with van der Waals surface area (Å²) in [6, 6.07) is 5.80. The summed E-state index contributed by atoms with van der Waals surface area (Å²) >= 11 is 6.00. The number of rotatable bonds is 6. The number of fused-ring (bicyclic) bond motifs is 1. The third-order valence-electron chi connectivity index (χ3n) is 3.92. The summed E-state index contributed by atoms with van der Waals surface area (Å²) in [6.45, 7) is 2.95. The lowest BCUT2D eigenvalue weighted by Gasteiger charge is -2.23. The Morgan fingerprint density at radius 1 is 1.36 bits per heavy atom. The highest BCUT2D eigenvalue weighted by Crippen LogP contribution is 2.22. The molecule has 0 saturated heterocycles. The number of nitrogens with one attached hydrogen (secondary N) is 1. The first-order valence-corrected chi connectivity index (χ1v) is 7.82. The van der Waals surface area contributed by atoms with E-state index in [4.69, 9.17) is 11.6 Å². The zero-order valence-electron chi connectivity index (χ0n) is 13.6. The molecule has 5 nitrogen and oxygen atoms in total. The van der Waals surface area contributed by atoms with Gasteiger partial charge in [-0.15, -0.1) is 0 Å². The van der Waals surface area contributed by atoms with Crippen LogP contribution in [0.2, 0.25) is 5.02 Å². The van der Waals surface area contributed by atoms with E-state index in [1.165, 1.54) is 0 Å². The lowest BCUT2D eigenvalue weighted by Crippen LogP contribution is -2.27. The predicted molar refractivity (Wildman–Crippen MR) is 90.1 cm³/mol. The number of carbonyl (C=O) groups is 1. The lowest BCUT2D eigenvalue weighted by molar-refractivity contribution is -0.128. The number of hydrogen-bond acceptors (Lipinski definition) is 3. The van der Waals surface area contributed by atoms with Crippen molar-refractivity contribution in [2.45, 2.75) is 25.8 Å². The Hall–Kier alpha value is -1.59. The minimum absolute atomic E-state index is 0.153. The number of imidazole rings is 1. The minimum atomic E-state index is 0.153. The van der Waals surface area contributed by atoms with Crippen LogP contribution in [0.1, 0.15) is 31.6 Å². The Balaban J connectivity index is 1.96. The van der Waals surface area contributed by atoms with E-state index >= 15 is 0 Å². The molecule has 1 aromatic heterocycles. The molecule has 1 unspecified atom stereocenters. The molecule has 0 spiro atoms. The number of aromatic amines is 1. The minimum Gasteiger partial charge on any atom is -0.349 e. The van der Waals surface area contributed by atoms with E-state index in [1.54, 1.807) is 19.0 Å². The summed E-state index contributed by atoms with van der Waals surface area (Å²) in [4.78, 5) is 23.4. The van der Waals surface area contributed by atoms with Crippen molar-refractivity contribution in [2.24, 2.45) is 0 Å². The van der Waals surface area contributed by atoms with Gasteiger partial charge in [0.25, 0.3) is 0 Å². The molecule has 120 valence electrons. The highest BCUT2D eigenvalue weighted by molar-refractivity contribution is 6.31. The number of carbonyl (C=O) groups excluding carboxylic acids is 1. The topological polar surface area (TPSA) is 52.2 Å². The number of halogens is 1. The highest BCUT2D eigenvalue weighted by atomic mass is 35.5. The van der Waals surface area contributed by atoms with Crippen molar-refractivity contribution >= 4 is 28.5 Å². The van der Waals surface area contributed by atoms with Gasteiger partial charge >= 0.3 is 0 Å². The zero-order chi connectivity index (χ0) is 16.3. The third-order valence-corrected chi connectivity index (χ3v) is 4.15. The average Bonchev–Trinajstić information content (AvgIpc) is 2.88. The second kappa shape index (κ2) is 7.11. The van der Waals surface area contributed by atoms with Gasteiger partial charge in [-0.05, 0) is 45.1 Å². The van der Waals surface area contributed by atoms with Crippen LogP contribution in [0.15, 0.2) is 18.2 Å². The normalized spacial score (nSPS) is 12.8. The molecule has 6 heteroatoms. The average molecular weight is 323 g/mol. The van der Waals surface area contributed by atoms with Gasteiger partial charge in [0, 0.05) is 25.5 Å². The Morgan fingerprint density at radius 2 is 2.09 bits per heavy atom. The van der Waals surface area contributed by atoms with Crippen LogP contribution in [-0.4, -0.2) is 53.4 Å². The van der Waals surface area contributed by atoms with Crippen molar-refractivity contribution in [1.82, 2.24) is 19.8 Å². The maximum Gasteiger partial charge on any atom is 0.222 e. The molecule has 0 bridgehead atoms. The van der Waals surface area contributed by atoms with Crippen molar-refractivity contribution < 1.29 is 4.79 Å². The predicted octanol–water partition coefficient (Wildman–Crippen LogP) is 3.08. The molecule has 0 aliphatic carbocycles. The van der Waals surface area contributed by atoms with Crippen molar-refractivity contribution in [3.05, 3.63) is 29.0 Å². The first-order valence-electron chi connectivity index (χ1n) is 7.44. The quantitative estimate of drug-likeness (QED) is 0.889. The van der Waals surface area contributed by atoms with E-state index < -0.39 is 0 Å². The van der Waals surface area contributed by atoms with Gasteiger partial charge in [0.1, 0.15) is 5.82 Å². The van der Waals surface area contributed by atoms with E-state index in [1.807, 2.05) is 25.2 Å². The van der Waals surface area contributed by atoms with Crippen molar-refractivity contribution in [3.63, 3.8) is 0 Å². The monoisotopic (exact) mass is 322 g/mol. The molecule has 1 N–H and O–H groups in total. The largest absolute Gasteiger partial charge is 0.349 e. The van der Waals surface area contributed by atoms with E-state index in [0.29, 0.717) is 11.4 Å². The molecule has 2 aromatic rings. The van der Waals surface area contributed by atoms with Gasteiger partial charge in [-0.2, -0.15) is 0 Å².